The minimum atomic E-state index is 0.658. The molecule has 2 saturated heterocycles. The van der Waals surface area contributed by atoms with Gasteiger partial charge in [0.15, 0.2) is 5.96 Å². The molecule has 1 N–H and O–H groups in total. The van der Waals surface area contributed by atoms with Gasteiger partial charge in [0, 0.05) is 26.7 Å². The summed E-state index contributed by atoms with van der Waals surface area (Å²) in [7, 11) is 4.17. The molecule has 120 valence electrons. The van der Waals surface area contributed by atoms with Crippen LogP contribution in [0.1, 0.15) is 44.9 Å². The van der Waals surface area contributed by atoms with Gasteiger partial charge in [-0.25, -0.2) is 0 Å². The third-order valence-electron chi connectivity index (χ3n) is 6.04. The number of guanidine groups is 1. The summed E-state index contributed by atoms with van der Waals surface area (Å²) in [5.41, 5.74) is 0.658. The van der Waals surface area contributed by atoms with Crippen LogP contribution >= 0.6 is 0 Å². The molecular formula is C17H32N4. The van der Waals surface area contributed by atoms with E-state index in [4.69, 9.17) is 0 Å². The zero-order chi connectivity index (χ0) is 14.7. The van der Waals surface area contributed by atoms with Gasteiger partial charge in [-0.2, -0.15) is 0 Å². The standard InChI is InChI=1S/C17H32N4/c1-18-16(21-13-9-17(14-21)7-3-8-17)19-10-4-15-5-11-20(2)12-6-15/h15H,3-14H2,1-2H3,(H,18,19). The second-order valence-corrected chi connectivity index (χ2v) is 7.53. The summed E-state index contributed by atoms with van der Waals surface area (Å²) in [6.45, 7) is 6.07. The number of nitrogens with zero attached hydrogens (tertiary/aromatic N) is 3. The molecule has 0 amide bonds. The first-order valence-electron chi connectivity index (χ1n) is 8.85. The van der Waals surface area contributed by atoms with E-state index in [0.29, 0.717) is 5.41 Å². The van der Waals surface area contributed by atoms with Crippen molar-refractivity contribution in [2.45, 2.75) is 44.9 Å². The topological polar surface area (TPSA) is 30.9 Å². The number of piperidine rings is 1. The monoisotopic (exact) mass is 292 g/mol. The minimum Gasteiger partial charge on any atom is -0.356 e. The smallest absolute Gasteiger partial charge is 0.193 e. The van der Waals surface area contributed by atoms with Crippen LogP contribution in [0.5, 0.6) is 0 Å². The van der Waals surface area contributed by atoms with Gasteiger partial charge in [0.1, 0.15) is 0 Å². The Bertz CT molecular complexity index is 367. The predicted molar refractivity (Wildman–Crippen MR) is 88.7 cm³/mol. The number of likely N-dealkylation sites (tertiary alicyclic amines) is 2. The molecule has 2 heterocycles. The lowest BCUT2D eigenvalue weighted by Gasteiger charge is -2.38. The maximum atomic E-state index is 4.51. The lowest BCUT2D eigenvalue weighted by atomic mass is 9.68. The van der Waals surface area contributed by atoms with E-state index in [-0.39, 0.29) is 0 Å². The Balaban J connectivity index is 1.39. The van der Waals surface area contributed by atoms with Gasteiger partial charge in [0.2, 0.25) is 0 Å². The van der Waals surface area contributed by atoms with Crippen LogP contribution in [0.25, 0.3) is 0 Å². The van der Waals surface area contributed by atoms with Crippen molar-refractivity contribution >= 4 is 5.96 Å². The first-order chi connectivity index (χ1) is 10.2. The Morgan fingerprint density at radius 1 is 1.19 bits per heavy atom. The van der Waals surface area contributed by atoms with Crippen LogP contribution in [-0.4, -0.2) is 62.6 Å². The molecule has 1 saturated carbocycles. The number of hydrogen-bond donors (Lipinski definition) is 1. The second-order valence-electron chi connectivity index (χ2n) is 7.53. The molecule has 3 fully saturated rings. The van der Waals surface area contributed by atoms with E-state index in [2.05, 4.69) is 27.2 Å². The molecule has 4 nitrogen and oxygen atoms in total. The van der Waals surface area contributed by atoms with Crippen molar-refractivity contribution in [2.24, 2.45) is 16.3 Å². The molecule has 3 aliphatic rings. The van der Waals surface area contributed by atoms with E-state index in [0.717, 1.165) is 18.4 Å². The summed E-state index contributed by atoms with van der Waals surface area (Å²) in [4.78, 5) is 9.46. The van der Waals surface area contributed by atoms with Crippen molar-refractivity contribution in [1.29, 1.82) is 0 Å². The summed E-state index contributed by atoms with van der Waals surface area (Å²) < 4.78 is 0. The van der Waals surface area contributed by atoms with Crippen LogP contribution in [0, 0.1) is 11.3 Å². The lowest BCUT2D eigenvalue weighted by molar-refractivity contribution is 0.151. The zero-order valence-electron chi connectivity index (χ0n) is 13.9. The van der Waals surface area contributed by atoms with Crippen molar-refractivity contribution < 1.29 is 0 Å². The van der Waals surface area contributed by atoms with Gasteiger partial charge in [-0.15, -0.1) is 0 Å². The highest BCUT2D eigenvalue weighted by molar-refractivity contribution is 5.80. The molecule has 0 aromatic rings. The third-order valence-corrected chi connectivity index (χ3v) is 6.04. The van der Waals surface area contributed by atoms with Gasteiger partial charge in [-0.1, -0.05) is 6.42 Å². The minimum absolute atomic E-state index is 0.658. The van der Waals surface area contributed by atoms with Crippen LogP contribution in [-0.2, 0) is 0 Å². The van der Waals surface area contributed by atoms with Gasteiger partial charge in [0.25, 0.3) is 0 Å². The normalized spacial score (nSPS) is 27.1. The van der Waals surface area contributed by atoms with Gasteiger partial charge < -0.3 is 15.1 Å². The maximum absolute atomic E-state index is 4.51. The number of hydrogen-bond acceptors (Lipinski definition) is 2. The van der Waals surface area contributed by atoms with Gasteiger partial charge in [-0.3, -0.25) is 4.99 Å². The summed E-state index contributed by atoms with van der Waals surface area (Å²) in [5.74, 6) is 2.05. The molecule has 4 heteroatoms. The third kappa shape index (κ3) is 3.53. The van der Waals surface area contributed by atoms with E-state index in [9.17, 15) is 0 Å². The van der Waals surface area contributed by atoms with E-state index in [1.54, 1.807) is 0 Å². The lowest BCUT2D eigenvalue weighted by Crippen LogP contribution is -2.43. The van der Waals surface area contributed by atoms with Crippen molar-refractivity contribution in [3.63, 3.8) is 0 Å². The molecule has 0 aromatic carbocycles. The molecule has 1 aliphatic carbocycles. The van der Waals surface area contributed by atoms with Crippen LogP contribution < -0.4 is 5.32 Å². The Labute approximate surface area is 130 Å². The highest BCUT2D eigenvalue weighted by atomic mass is 15.3. The highest BCUT2D eigenvalue weighted by Crippen LogP contribution is 2.47. The molecule has 21 heavy (non-hydrogen) atoms. The molecule has 2 aliphatic heterocycles. The fourth-order valence-corrected chi connectivity index (χ4v) is 4.27. The molecular weight excluding hydrogens is 260 g/mol. The Morgan fingerprint density at radius 3 is 2.52 bits per heavy atom. The van der Waals surface area contributed by atoms with Crippen LogP contribution in [0.2, 0.25) is 0 Å². The van der Waals surface area contributed by atoms with Gasteiger partial charge in [0.05, 0.1) is 0 Å². The Kier molecular flexibility index (Phi) is 4.72. The van der Waals surface area contributed by atoms with Crippen LogP contribution in [0.15, 0.2) is 4.99 Å². The average molecular weight is 292 g/mol. The SMILES string of the molecule is CN=C(NCCC1CCN(C)CC1)N1CCC2(CCC2)C1. The van der Waals surface area contributed by atoms with Crippen LogP contribution in [0.4, 0.5) is 0 Å². The molecule has 3 rings (SSSR count). The van der Waals surface area contributed by atoms with Crippen LogP contribution in [0.3, 0.4) is 0 Å². The summed E-state index contributed by atoms with van der Waals surface area (Å²) in [6.07, 6.45) is 9.73. The Hall–Kier alpha value is -0.770. The van der Waals surface area contributed by atoms with Crippen molar-refractivity contribution in [3.05, 3.63) is 0 Å². The molecule has 0 unspecified atom stereocenters. The van der Waals surface area contributed by atoms with E-state index in [1.165, 1.54) is 71.1 Å². The molecule has 1 spiro atoms. The average Bonchev–Trinajstić information content (AvgIpc) is 2.91. The van der Waals surface area contributed by atoms with Gasteiger partial charge in [-0.05, 0) is 70.0 Å². The zero-order valence-corrected chi connectivity index (χ0v) is 13.9. The van der Waals surface area contributed by atoms with E-state index >= 15 is 0 Å². The maximum Gasteiger partial charge on any atom is 0.193 e. The Morgan fingerprint density at radius 2 is 1.95 bits per heavy atom. The summed E-state index contributed by atoms with van der Waals surface area (Å²) in [5, 5.41) is 3.62. The molecule has 0 atom stereocenters. The first kappa shape index (κ1) is 15.1. The fourth-order valence-electron chi connectivity index (χ4n) is 4.27. The molecule has 0 radical (unpaired) electrons. The van der Waals surface area contributed by atoms with Crippen molar-refractivity contribution in [1.82, 2.24) is 15.1 Å². The fraction of sp³-hybridized carbons (Fsp3) is 0.941. The van der Waals surface area contributed by atoms with E-state index in [1.807, 2.05) is 7.05 Å². The first-order valence-corrected chi connectivity index (χ1v) is 8.85. The number of rotatable bonds is 3. The highest BCUT2D eigenvalue weighted by Gasteiger charge is 2.43. The quantitative estimate of drug-likeness (QED) is 0.639. The largest absolute Gasteiger partial charge is 0.356 e. The predicted octanol–water partition coefficient (Wildman–Crippen LogP) is 2.17. The second kappa shape index (κ2) is 6.55. The molecule has 0 aromatic heterocycles. The number of nitrogens with one attached hydrogen (secondary N) is 1. The number of aliphatic imine (C=N–C) groups is 1. The van der Waals surface area contributed by atoms with Gasteiger partial charge >= 0.3 is 0 Å². The van der Waals surface area contributed by atoms with Crippen molar-refractivity contribution in [3.8, 4) is 0 Å². The summed E-state index contributed by atoms with van der Waals surface area (Å²) in [6, 6.07) is 0. The molecule has 0 bridgehead atoms. The van der Waals surface area contributed by atoms with Crippen molar-refractivity contribution in [2.75, 3.05) is 46.8 Å². The van der Waals surface area contributed by atoms with E-state index < -0.39 is 0 Å². The summed E-state index contributed by atoms with van der Waals surface area (Å²) >= 11 is 0.